The van der Waals surface area contributed by atoms with Crippen molar-refractivity contribution < 1.29 is 14.0 Å². The summed E-state index contributed by atoms with van der Waals surface area (Å²) in [6.07, 6.45) is 4.93. The number of rotatable bonds is 3. The Kier molecular flexibility index (Phi) is 3.64. The van der Waals surface area contributed by atoms with Gasteiger partial charge in [-0.15, -0.1) is 0 Å². The molecule has 3 heterocycles. The fourth-order valence-electron chi connectivity index (χ4n) is 2.87. The highest BCUT2D eigenvalue weighted by atomic mass is 19.1. The van der Waals surface area contributed by atoms with Gasteiger partial charge in [-0.25, -0.2) is 13.9 Å². The zero-order valence-electron chi connectivity index (χ0n) is 13.1. The van der Waals surface area contributed by atoms with E-state index >= 15 is 0 Å². The fraction of sp³-hybridized carbons (Fsp3) is 0.176. The summed E-state index contributed by atoms with van der Waals surface area (Å²) in [5, 5.41) is 6.83. The smallest absolute Gasteiger partial charge is 0.229 e. The van der Waals surface area contributed by atoms with Gasteiger partial charge in [-0.05, 0) is 24.3 Å². The Morgan fingerprint density at radius 1 is 1.24 bits per heavy atom. The molecule has 2 aromatic heterocycles. The number of amides is 2. The van der Waals surface area contributed by atoms with Gasteiger partial charge in [0, 0.05) is 24.7 Å². The van der Waals surface area contributed by atoms with E-state index < -0.39 is 5.92 Å². The molecule has 4 rings (SSSR count). The Labute approximate surface area is 142 Å². The lowest BCUT2D eigenvalue weighted by molar-refractivity contribution is -0.122. The van der Waals surface area contributed by atoms with Gasteiger partial charge in [0.25, 0.3) is 0 Å². The predicted molar refractivity (Wildman–Crippen MR) is 88.5 cm³/mol. The number of fused-ring (bicyclic) bond motifs is 1. The lowest BCUT2D eigenvalue weighted by atomic mass is 10.1. The Bertz CT molecular complexity index is 953. The van der Waals surface area contributed by atoms with Crippen molar-refractivity contribution in [3.63, 3.8) is 0 Å². The lowest BCUT2D eigenvalue weighted by Gasteiger charge is -2.16. The van der Waals surface area contributed by atoms with E-state index in [-0.39, 0.29) is 30.6 Å². The molecule has 1 fully saturated rings. The maximum absolute atomic E-state index is 13.0. The van der Waals surface area contributed by atoms with Crippen molar-refractivity contribution in [2.45, 2.75) is 6.42 Å². The van der Waals surface area contributed by atoms with Crippen molar-refractivity contribution >= 4 is 28.8 Å². The van der Waals surface area contributed by atoms with Gasteiger partial charge in [-0.2, -0.15) is 5.10 Å². The number of hydrogen-bond donors (Lipinski definition) is 1. The number of nitrogens with zero attached hydrogens (tertiary/aromatic N) is 4. The Morgan fingerprint density at radius 3 is 2.84 bits per heavy atom. The van der Waals surface area contributed by atoms with Gasteiger partial charge < -0.3 is 10.2 Å². The van der Waals surface area contributed by atoms with Crippen LogP contribution in [-0.2, 0) is 9.59 Å². The first kappa shape index (κ1) is 15.3. The molecule has 126 valence electrons. The molecule has 3 aromatic rings. The summed E-state index contributed by atoms with van der Waals surface area (Å²) in [6, 6.07) is 7.40. The van der Waals surface area contributed by atoms with Crippen LogP contribution in [0.3, 0.4) is 0 Å². The highest BCUT2D eigenvalue weighted by Gasteiger charge is 2.35. The average Bonchev–Trinajstić information content (AvgIpc) is 3.22. The molecule has 1 atom stereocenters. The van der Waals surface area contributed by atoms with Crippen LogP contribution in [0.4, 0.5) is 15.8 Å². The summed E-state index contributed by atoms with van der Waals surface area (Å²) in [6.45, 7) is 0.258. The number of hydrogen-bond acceptors (Lipinski definition) is 4. The zero-order chi connectivity index (χ0) is 17.4. The summed E-state index contributed by atoms with van der Waals surface area (Å²) >= 11 is 0. The van der Waals surface area contributed by atoms with E-state index in [0.717, 1.165) is 0 Å². The maximum Gasteiger partial charge on any atom is 0.229 e. The van der Waals surface area contributed by atoms with E-state index in [0.29, 0.717) is 17.0 Å². The Hall–Kier alpha value is -3.29. The van der Waals surface area contributed by atoms with Crippen LogP contribution in [-0.4, -0.2) is 33.0 Å². The normalized spacial score (nSPS) is 17.2. The largest absolute Gasteiger partial charge is 0.323 e. The van der Waals surface area contributed by atoms with Crippen LogP contribution in [0.25, 0.3) is 5.65 Å². The van der Waals surface area contributed by atoms with Crippen LogP contribution in [0, 0.1) is 11.7 Å². The zero-order valence-corrected chi connectivity index (χ0v) is 13.1. The van der Waals surface area contributed by atoms with Crippen LogP contribution < -0.4 is 10.2 Å². The Morgan fingerprint density at radius 2 is 2.04 bits per heavy atom. The van der Waals surface area contributed by atoms with E-state index in [4.69, 9.17) is 0 Å². The first-order valence-corrected chi connectivity index (χ1v) is 7.76. The molecule has 1 N–H and O–H groups in total. The van der Waals surface area contributed by atoms with Gasteiger partial charge in [-0.1, -0.05) is 0 Å². The minimum atomic E-state index is -0.481. The first-order chi connectivity index (χ1) is 12.1. The second kappa shape index (κ2) is 5.97. The van der Waals surface area contributed by atoms with Gasteiger partial charge in [0.2, 0.25) is 11.8 Å². The summed E-state index contributed by atoms with van der Waals surface area (Å²) in [5.74, 6) is -1.27. The molecule has 1 saturated heterocycles. The van der Waals surface area contributed by atoms with E-state index in [1.165, 1.54) is 29.2 Å². The van der Waals surface area contributed by atoms with Gasteiger partial charge in [0.1, 0.15) is 5.82 Å². The van der Waals surface area contributed by atoms with Crippen molar-refractivity contribution in [2.75, 3.05) is 16.8 Å². The number of aromatic nitrogens is 3. The van der Waals surface area contributed by atoms with Crippen LogP contribution in [0.5, 0.6) is 0 Å². The van der Waals surface area contributed by atoms with Crippen LogP contribution in [0.1, 0.15) is 6.42 Å². The molecule has 8 heteroatoms. The van der Waals surface area contributed by atoms with Crippen molar-refractivity contribution in [2.24, 2.45) is 5.92 Å². The SMILES string of the molecule is O=C(Nc1cnc2ccnn2c1)[C@H]1CC(=O)N(c2ccc(F)cc2)C1. The molecule has 1 aliphatic rings. The van der Waals surface area contributed by atoms with E-state index in [2.05, 4.69) is 15.4 Å². The molecule has 0 spiro atoms. The molecule has 25 heavy (non-hydrogen) atoms. The summed E-state index contributed by atoms with van der Waals surface area (Å²) in [4.78, 5) is 30.3. The third-order valence-electron chi connectivity index (χ3n) is 4.15. The van der Waals surface area contributed by atoms with Crippen LogP contribution in [0.2, 0.25) is 0 Å². The number of anilines is 2. The lowest BCUT2D eigenvalue weighted by Crippen LogP contribution is -2.28. The molecular weight excluding hydrogens is 325 g/mol. The third kappa shape index (κ3) is 2.93. The minimum absolute atomic E-state index is 0.112. The van der Waals surface area contributed by atoms with Gasteiger partial charge in [0.15, 0.2) is 5.65 Å². The molecular formula is C17H14FN5O2. The minimum Gasteiger partial charge on any atom is -0.323 e. The van der Waals surface area contributed by atoms with Gasteiger partial charge in [0.05, 0.1) is 30.2 Å². The number of carbonyl (C=O) groups excluding carboxylic acids is 2. The molecule has 1 aliphatic heterocycles. The summed E-state index contributed by atoms with van der Waals surface area (Å²) < 4.78 is 14.6. The Balaban J connectivity index is 1.47. The standard InChI is InChI=1S/C17H14FN5O2/c18-12-1-3-14(4-2-12)22-9-11(7-16(22)24)17(25)21-13-8-19-15-5-6-20-23(15)10-13/h1-6,8,10-11H,7,9H2,(H,21,25)/t11-/m0/s1. The molecule has 0 unspecified atom stereocenters. The summed E-state index contributed by atoms with van der Waals surface area (Å²) in [5.41, 5.74) is 1.77. The monoisotopic (exact) mass is 339 g/mol. The molecule has 0 radical (unpaired) electrons. The highest BCUT2D eigenvalue weighted by molar-refractivity contribution is 6.03. The number of nitrogens with one attached hydrogen (secondary N) is 1. The van der Waals surface area contributed by atoms with Gasteiger partial charge in [-0.3, -0.25) is 9.59 Å². The predicted octanol–water partition coefficient (Wildman–Crippen LogP) is 1.86. The first-order valence-electron chi connectivity index (χ1n) is 7.76. The summed E-state index contributed by atoms with van der Waals surface area (Å²) in [7, 11) is 0. The molecule has 0 aliphatic carbocycles. The molecule has 0 saturated carbocycles. The van der Waals surface area contributed by atoms with Gasteiger partial charge >= 0.3 is 0 Å². The topological polar surface area (TPSA) is 79.6 Å². The van der Waals surface area contributed by atoms with E-state index in [9.17, 15) is 14.0 Å². The number of halogens is 1. The second-order valence-corrected chi connectivity index (χ2v) is 5.85. The molecule has 0 bridgehead atoms. The van der Waals surface area contributed by atoms with Crippen molar-refractivity contribution in [1.29, 1.82) is 0 Å². The van der Waals surface area contributed by atoms with Crippen molar-refractivity contribution in [3.8, 4) is 0 Å². The fourth-order valence-corrected chi connectivity index (χ4v) is 2.87. The average molecular weight is 339 g/mol. The number of carbonyl (C=O) groups is 2. The van der Waals surface area contributed by atoms with E-state index in [1.54, 1.807) is 29.2 Å². The van der Waals surface area contributed by atoms with Crippen molar-refractivity contribution in [3.05, 3.63) is 54.7 Å². The van der Waals surface area contributed by atoms with Crippen LogP contribution >= 0.6 is 0 Å². The second-order valence-electron chi connectivity index (χ2n) is 5.85. The van der Waals surface area contributed by atoms with Crippen LogP contribution in [0.15, 0.2) is 48.9 Å². The van der Waals surface area contributed by atoms with E-state index in [1.807, 2.05) is 0 Å². The molecule has 2 amide bonds. The van der Waals surface area contributed by atoms with Crippen molar-refractivity contribution in [1.82, 2.24) is 14.6 Å². The number of benzene rings is 1. The molecule has 1 aromatic carbocycles. The molecule has 7 nitrogen and oxygen atoms in total. The highest BCUT2D eigenvalue weighted by Crippen LogP contribution is 2.26. The quantitative estimate of drug-likeness (QED) is 0.790. The third-order valence-corrected chi connectivity index (χ3v) is 4.15. The maximum atomic E-state index is 13.0.